The van der Waals surface area contributed by atoms with E-state index in [0.29, 0.717) is 12.0 Å². The first kappa shape index (κ1) is 17.9. The Bertz CT molecular complexity index is 881. The standard InChI is InChI=1S/C24H24O2/c1-24(2,3)21-12-4-17(5-13-21)16-23(26)20-8-6-18(7-9-20)19-10-14-22(25)15-11-19/h4-15,25H,16H2,1-3H3. The summed E-state index contributed by atoms with van der Waals surface area (Å²) in [6.45, 7) is 6.55. The Hall–Kier alpha value is -2.87. The van der Waals surface area contributed by atoms with Crippen LogP contribution in [0.15, 0.2) is 72.8 Å². The number of carbonyl (C=O) groups excluding carboxylic acids is 1. The second-order valence-corrected chi connectivity index (χ2v) is 7.67. The zero-order valence-electron chi connectivity index (χ0n) is 15.5. The monoisotopic (exact) mass is 344 g/mol. The molecule has 0 bridgehead atoms. The highest BCUT2D eigenvalue weighted by Crippen LogP contribution is 2.24. The molecule has 3 rings (SSSR count). The van der Waals surface area contributed by atoms with Gasteiger partial charge in [0.1, 0.15) is 5.75 Å². The second-order valence-electron chi connectivity index (χ2n) is 7.67. The van der Waals surface area contributed by atoms with Gasteiger partial charge in [0.05, 0.1) is 0 Å². The number of phenolic OH excluding ortho intramolecular Hbond substituents is 1. The van der Waals surface area contributed by atoms with Crippen LogP contribution in [0.3, 0.4) is 0 Å². The van der Waals surface area contributed by atoms with Gasteiger partial charge >= 0.3 is 0 Å². The van der Waals surface area contributed by atoms with Gasteiger partial charge in [-0.2, -0.15) is 0 Å². The van der Waals surface area contributed by atoms with Crippen molar-refractivity contribution in [2.75, 3.05) is 0 Å². The summed E-state index contributed by atoms with van der Waals surface area (Å²) in [6.07, 6.45) is 0.406. The normalized spacial score (nSPS) is 11.3. The molecule has 0 saturated carbocycles. The van der Waals surface area contributed by atoms with Crippen LogP contribution in [0.2, 0.25) is 0 Å². The van der Waals surface area contributed by atoms with Gasteiger partial charge in [-0.05, 0) is 39.8 Å². The zero-order chi connectivity index (χ0) is 18.7. The van der Waals surface area contributed by atoms with Crippen LogP contribution in [-0.4, -0.2) is 10.9 Å². The van der Waals surface area contributed by atoms with Gasteiger partial charge in [0.2, 0.25) is 0 Å². The lowest BCUT2D eigenvalue weighted by molar-refractivity contribution is 0.0993. The number of aromatic hydroxyl groups is 1. The maximum Gasteiger partial charge on any atom is 0.167 e. The average Bonchev–Trinajstić information content (AvgIpc) is 2.62. The number of ketones is 1. The van der Waals surface area contributed by atoms with Gasteiger partial charge in [0.25, 0.3) is 0 Å². The van der Waals surface area contributed by atoms with E-state index in [1.54, 1.807) is 12.1 Å². The Kier molecular flexibility index (Phi) is 4.94. The molecular formula is C24H24O2. The first-order chi connectivity index (χ1) is 12.3. The van der Waals surface area contributed by atoms with Crippen molar-refractivity contribution in [3.63, 3.8) is 0 Å². The van der Waals surface area contributed by atoms with Crippen molar-refractivity contribution in [1.29, 1.82) is 0 Å². The molecule has 3 aromatic carbocycles. The van der Waals surface area contributed by atoms with Crippen LogP contribution in [0.5, 0.6) is 5.75 Å². The first-order valence-electron chi connectivity index (χ1n) is 8.85. The molecule has 1 N–H and O–H groups in total. The van der Waals surface area contributed by atoms with Crippen molar-refractivity contribution < 1.29 is 9.90 Å². The molecule has 0 amide bonds. The summed E-state index contributed by atoms with van der Waals surface area (Å²) in [7, 11) is 0. The lowest BCUT2D eigenvalue weighted by Gasteiger charge is -2.19. The zero-order valence-corrected chi connectivity index (χ0v) is 15.5. The minimum absolute atomic E-state index is 0.116. The van der Waals surface area contributed by atoms with Crippen LogP contribution in [0.1, 0.15) is 42.3 Å². The van der Waals surface area contributed by atoms with Crippen molar-refractivity contribution in [2.45, 2.75) is 32.6 Å². The molecule has 0 saturated heterocycles. The van der Waals surface area contributed by atoms with Crippen molar-refractivity contribution in [1.82, 2.24) is 0 Å². The SMILES string of the molecule is CC(C)(C)c1ccc(CC(=O)c2ccc(-c3ccc(O)cc3)cc2)cc1. The van der Waals surface area contributed by atoms with E-state index in [1.165, 1.54) is 5.56 Å². The number of Topliss-reactive ketones (excluding diaryl/α,β-unsaturated/α-hetero) is 1. The minimum Gasteiger partial charge on any atom is -0.508 e. The highest BCUT2D eigenvalue weighted by molar-refractivity contribution is 5.97. The van der Waals surface area contributed by atoms with Crippen molar-refractivity contribution in [3.05, 3.63) is 89.5 Å². The van der Waals surface area contributed by atoms with E-state index in [4.69, 9.17) is 0 Å². The molecule has 2 heteroatoms. The van der Waals surface area contributed by atoms with E-state index >= 15 is 0 Å². The van der Waals surface area contributed by atoms with E-state index in [0.717, 1.165) is 16.7 Å². The van der Waals surface area contributed by atoms with Gasteiger partial charge in [-0.3, -0.25) is 4.79 Å². The Morgan fingerprint density at radius 3 is 1.77 bits per heavy atom. The van der Waals surface area contributed by atoms with Crippen molar-refractivity contribution >= 4 is 5.78 Å². The van der Waals surface area contributed by atoms with Crippen LogP contribution >= 0.6 is 0 Å². The lowest BCUT2D eigenvalue weighted by Crippen LogP contribution is -2.11. The third-order valence-corrected chi connectivity index (χ3v) is 4.59. The van der Waals surface area contributed by atoms with Gasteiger partial charge in [-0.25, -0.2) is 0 Å². The highest BCUT2D eigenvalue weighted by atomic mass is 16.3. The van der Waals surface area contributed by atoms with Gasteiger partial charge in [-0.1, -0.05) is 81.4 Å². The van der Waals surface area contributed by atoms with Crippen LogP contribution in [0.25, 0.3) is 11.1 Å². The summed E-state index contributed by atoms with van der Waals surface area (Å²) in [6, 6.07) is 23.0. The molecule has 0 fully saturated rings. The maximum atomic E-state index is 12.6. The minimum atomic E-state index is 0.116. The van der Waals surface area contributed by atoms with Crippen molar-refractivity contribution in [2.24, 2.45) is 0 Å². The van der Waals surface area contributed by atoms with E-state index in [2.05, 4.69) is 32.9 Å². The van der Waals surface area contributed by atoms with Gasteiger partial charge < -0.3 is 5.11 Å². The Morgan fingerprint density at radius 1 is 0.769 bits per heavy atom. The van der Waals surface area contributed by atoms with E-state index < -0.39 is 0 Å². The van der Waals surface area contributed by atoms with Crippen LogP contribution in [0, 0.1) is 0 Å². The lowest BCUT2D eigenvalue weighted by atomic mass is 9.86. The number of hydrogen-bond acceptors (Lipinski definition) is 2. The van der Waals surface area contributed by atoms with E-state index in [9.17, 15) is 9.90 Å². The molecule has 0 unspecified atom stereocenters. The molecule has 0 spiro atoms. The summed E-state index contributed by atoms with van der Waals surface area (Å²) in [5.41, 5.74) is 5.17. The molecule has 0 aromatic heterocycles. The largest absolute Gasteiger partial charge is 0.508 e. The molecule has 2 nitrogen and oxygen atoms in total. The predicted octanol–water partition coefficient (Wildman–Crippen LogP) is 5.78. The molecule has 0 aliphatic carbocycles. The fraction of sp³-hybridized carbons (Fsp3) is 0.208. The third-order valence-electron chi connectivity index (χ3n) is 4.59. The number of carbonyl (C=O) groups is 1. The molecule has 3 aromatic rings. The molecule has 0 heterocycles. The van der Waals surface area contributed by atoms with Crippen LogP contribution in [0.4, 0.5) is 0 Å². The average molecular weight is 344 g/mol. The molecule has 26 heavy (non-hydrogen) atoms. The van der Waals surface area contributed by atoms with Gasteiger partial charge in [-0.15, -0.1) is 0 Å². The van der Waals surface area contributed by atoms with Gasteiger partial charge in [0.15, 0.2) is 5.78 Å². The molecule has 0 radical (unpaired) electrons. The maximum absolute atomic E-state index is 12.6. The molecule has 0 aliphatic heterocycles. The predicted molar refractivity (Wildman–Crippen MR) is 107 cm³/mol. The second kappa shape index (κ2) is 7.17. The summed E-state index contributed by atoms with van der Waals surface area (Å²) >= 11 is 0. The molecule has 0 atom stereocenters. The number of rotatable bonds is 4. The number of hydrogen-bond donors (Lipinski definition) is 1. The summed E-state index contributed by atoms with van der Waals surface area (Å²) < 4.78 is 0. The summed E-state index contributed by atoms with van der Waals surface area (Å²) in [5, 5.41) is 9.38. The van der Waals surface area contributed by atoms with Crippen LogP contribution < -0.4 is 0 Å². The summed E-state index contributed by atoms with van der Waals surface area (Å²) in [5.74, 6) is 0.365. The topological polar surface area (TPSA) is 37.3 Å². The smallest absolute Gasteiger partial charge is 0.167 e. The quantitative estimate of drug-likeness (QED) is 0.609. The molecule has 132 valence electrons. The van der Waals surface area contributed by atoms with E-state index in [1.807, 2.05) is 48.5 Å². The van der Waals surface area contributed by atoms with E-state index in [-0.39, 0.29) is 16.9 Å². The van der Waals surface area contributed by atoms with Gasteiger partial charge in [0, 0.05) is 12.0 Å². The fourth-order valence-corrected chi connectivity index (χ4v) is 2.91. The highest BCUT2D eigenvalue weighted by Gasteiger charge is 2.14. The molecule has 0 aliphatic rings. The third kappa shape index (κ3) is 4.20. The first-order valence-corrected chi connectivity index (χ1v) is 8.85. The van der Waals surface area contributed by atoms with Crippen LogP contribution in [-0.2, 0) is 11.8 Å². The molecular weight excluding hydrogens is 320 g/mol. The Labute approximate surface area is 155 Å². The Balaban J connectivity index is 1.71. The fourth-order valence-electron chi connectivity index (χ4n) is 2.91. The summed E-state index contributed by atoms with van der Waals surface area (Å²) in [4.78, 5) is 12.6. The van der Waals surface area contributed by atoms with Crippen molar-refractivity contribution in [3.8, 4) is 16.9 Å². The number of phenols is 1. The number of benzene rings is 3. The Morgan fingerprint density at radius 2 is 1.27 bits per heavy atom.